The second-order valence-corrected chi connectivity index (χ2v) is 10.9. The molecule has 0 radical (unpaired) electrons. The van der Waals surface area contributed by atoms with Gasteiger partial charge in [0.15, 0.2) is 5.65 Å². The number of carbonyl (C=O) groups excluding carboxylic acids is 1. The number of nitrogens with zero attached hydrogens (tertiary/aromatic N) is 4. The van der Waals surface area contributed by atoms with E-state index in [0.29, 0.717) is 23.5 Å². The molecule has 202 valence electrons. The van der Waals surface area contributed by atoms with Crippen molar-refractivity contribution >= 4 is 44.7 Å². The lowest BCUT2D eigenvalue weighted by Gasteiger charge is -2.22. The summed E-state index contributed by atoms with van der Waals surface area (Å²) >= 11 is 0. The van der Waals surface area contributed by atoms with Gasteiger partial charge in [-0.3, -0.25) is 13.8 Å². The highest BCUT2D eigenvalue weighted by atomic mass is 16.5. The van der Waals surface area contributed by atoms with E-state index >= 15 is 0 Å². The maximum Gasteiger partial charge on any atom is 0.337 e. The summed E-state index contributed by atoms with van der Waals surface area (Å²) in [5.74, 6) is 0.431. The van der Waals surface area contributed by atoms with E-state index in [1.165, 1.54) is 39.2 Å². The van der Waals surface area contributed by atoms with E-state index in [1.54, 1.807) is 0 Å². The number of methoxy groups -OCH3 is 1. The molecule has 0 bridgehead atoms. The summed E-state index contributed by atoms with van der Waals surface area (Å²) in [6.07, 6.45) is 8.31. The molecule has 40 heavy (non-hydrogen) atoms. The van der Waals surface area contributed by atoms with Gasteiger partial charge in [0.25, 0.3) is 5.56 Å². The molecular formula is C33H32N4O3. The maximum absolute atomic E-state index is 14.1. The predicted octanol–water partition coefficient (Wildman–Crippen LogP) is 6.88. The molecular weight excluding hydrogens is 500 g/mol. The molecule has 3 aromatic carbocycles. The van der Waals surface area contributed by atoms with Gasteiger partial charge in [-0.2, -0.15) is 0 Å². The fraction of sp³-hybridized carbons (Fsp3) is 0.303. The van der Waals surface area contributed by atoms with Crippen molar-refractivity contribution in [1.29, 1.82) is 0 Å². The molecule has 0 unspecified atom stereocenters. The van der Waals surface area contributed by atoms with Crippen molar-refractivity contribution in [2.75, 3.05) is 7.11 Å². The highest BCUT2D eigenvalue weighted by Crippen LogP contribution is 2.36. The molecule has 6 aromatic rings. The Morgan fingerprint density at radius 1 is 0.875 bits per heavy atom. The van der Waals surface area contributed by atoms with Crippen LogP contribution in [-0.4, -0.2) is 31.6 Å². The first-order valence-electron chi connectivity index (χ1n) is 14.3. The van der Waals surface area contributed by atoms with Crippen LogP contribution in [0.5, 0.6) is 0 Å². The zero-order valence-electron chi connectivity index (χ0n) is 22.7. The van der Waals surface area contributed by atoms with Crippen LogP contribution >= 0.6 is 0 Å². The van der Waals surface area contributed by atoms with E-state index in [4.69, 9.17) is 9.72 Å². The van der Waals surface area contributed by atoms with Crippen LogP contribution in [0, 0.1) is 0 Å². The van der Waals surface area contributed by atoms with Gasteiger partial charge >= 0.3 is 5.97 Å². The van der Waals surface area contributed by atoms with Crippen molar-refractivity contribution in [2.45, 2.75) is 57.5 Å². The number of ether oxygens (including phenoxy) is 1. The molecule has 0 atom stereocenters. The van der Waals surface area contributed by atoms with Gasteiger partial charge in [-0.15, -0.1) is 0 Å². The van der Waals surface area contributed by atoms with Crippen molar-refractivity contribution in [3.8, 4) is 0 Å². The molecule has 7 nitrogen and oxygen atoms in total. The molecule has 0 spiro atoms. The zero-order valence-corrected chi connectivity index (χ0v) is 22.7. The molecule has 1 aliphatic carbocycles. The van der Waals surface area contributed by atoms with Crippen LogP contribution in [0.1, 0.15) is 66.9 Å². The number of pyridine rings is 1. The number of hydrogen-bond donors (Lipinski definition) is 0. The first kappa shape index (κ1) is 24.6. The Balaban J connectivity index is 1.62. The van der Waals surface area contributed by atoms with Crippen molar-refractivity contribution < 1.29 is 9.53 Å². The molecule has 7 rings (SSSR count). The number of aromatic nitrogens is 4. The number of benzene rings is 3. The summed E-state index contributed by atoms with van der Waals surface area (Å²) in [6.45, 7) is 0.418. The molecule has 0 N–H and O–H groups in total. The van der Waals surface area contributed by atoms with Crippen molar-refractivity contribution in [3.05, 3.63) is 94.3 Å². The quantitative estimate of drug-likeness (QED) is 0.232. The average Bonchev–Trinajstić information content (AvgIpc) is 3.50. The summed E-state index contributed by atoms with van der Waals surface area (Å²) in [4.78, 5) is 32.0. The molecule has 3 heterocycles. The number of esters is 1. The van der Waals surface area contributed by atoms with Crippen molar-refractivity contribution in [2.24, 2.45) is 0 Å². The standard InChI is InChI=1S/C33H32N4O3/c1-40-32(39)23-18-19-27-28(20-23)37-30-29(34-33(37)36(27)24-14-8-3-2-4-9-15-24)25-16-10-11-17-26(25)31(38)35(30)21-22-12-6-5-7-13-22/h5-7,10-13,16-20,24H,2-4,8-9,14-15,21H2,1H3. The largest absolute Gasteiger partial charge is 0.465 e. The number of imidazole rings is 2. The SMILES string of the molecule is COC(=O)c1ccc2c(c1)n1c3c(nc1n2C1CCCCCCC1)c1ccccc1c(=O)n3Cc1ccccc1. The van der Waals surface area contributed by atoms with Crippen LogP contribution in [0.3, 0.4) is 0 Å². The lowest BCUT2D eigenvalue weighted by Crippen LogP contribution is -2.22. The summed E-state index contributed by atoms with van der Waals surface area (Å²) in [5.41, 5.74) is 4.89. The molecule has 1 aliphatic rings. The Hall–Kier alpha value is -4.39. The van der Waals surface area contributed by atoms with Crippen molar-refractivity contribution in [1.82, 2.24) is 18.5 Å². The smallest absolute Gasteiger partial charge is 0.337 e. The first-order chi connectivity index (χ1) is 19.7. The van der Waals surface area contributed by atoms with Gasteiger partial charge in [0.1, 0.15) is 5.52 Å². The third-order valence-electron chi connectivity index (χ3n) is 8.48. The average molecular weight is 533 g/mol. The Kier molecular flexibility index (Phi) is 6.14. The van der Waals surface area contributed by atoms with Gasteiger partial charge in [0, 0.05) is 16.8 Å². The van der Waals surface area contributed by atoms with E-state index in [2.05, 4.69) is 8.97 Å². The molecule has 0 amide bonds. The monoisotopic (exact) mass is 532 g/mol. The minimum atomic E-state index is -0.384. The Bertz CT molecular complexity index is 1940. The topological polar surface area (TPSA) is 70.5 Å². The van der Waals surface area contributed by atoms with Gasteiger partial charge in [-0.05, 0) is 42.7 Å². The second kappa shape index (κ2) is 9.97. The number of hydrogen-bond acceptors (Lipinski definition) is 4. The Labute approximate surface area is 231 Å². The summed E-state index contributed by atoms with van der Waals surface area (Å²) in [6, 6.07) is 23.8. The van der Waals surface area contributed by atoms with Crippen molar-refractivity contribution in [3.63, 3.8) is 0 Å². The zero-order chi connectivity index (χ0) is 27.2. The van der Waals surface area contributed by atoms with Crippen LogP contribution in [0.15, 0.2) is 77.6 Å². The normalized spacial score (nSPS) is 15.1. The van der Waals surface area contributed by atoms with Gasteiger partial charge in [0.2, 0.25) is 5.78 Å². The van der Waals surface area contributed by atoms with E-state index < -0.39 is 0 Å². The predicted molar refractivity (Wildman–Crippen MR) is 158 cm³/mol. The molecule has 3 aromatic heterocycles. The molecule has 0 saturated heterocycles. The third kappa shape index (κ3) is 3.91. The summed E-state index contributed by atoms with van der Waals surface area (Å²) in [7, 11) is 1.40. The fourth-order valence-corrected chi connectivity index (χ4v) is 6.56. The lowest BCUT2D eigenvalue weighted by atomic mass is 9.96. The number of rotatable bonds is 4. The highest BCUT2D eigenvalue weighted by molar-refractivity contribution is 6.05. The van der Waals surface area contributed by atoms with Gasteiger partial charge < -0.3 is 9.30 Å². The highest BCUT2D eigenvalue weighted by Gasteiger charge is 2.26. The molecule has 0 aliphatic heterocycles. The summed E-state index contributed by atoms with van der Waals surface area (Å²) < 4.78 is 11.4. The van der Waals surface area contributed by atoms with Crippen LogP contribution in [0.25, 0.3) is 38.7 Å². The first-order valence-corrected chi connectivity index (χ1v) is 14.3. The fourth-order valence-electron chi connectivity index (χ4n) is 6.56. The second-order valence-electron chi connectivity index (χ2n) is 10.9. The van der Waals surface area contributed by atoms with Gasteiger partial charge in [0.05, 0.1) is 30.3 Å². The molecule has 1 fully saturated rings. The van der Waals surface area contributed by atoms with Gasteiger partial charge in [-0.25, -0.2) is 9.78 Å². The Morgan fingerprint density at radius 3 is 2.33 bits per heavy atom. The van der Waals surface area contributed by atoms with E-state index in [9.17, 15) is 9.59 Å². The van der Waals surface area contributed by atoms with Gasteiger partial charge in [-0.1, -0.05) is 80.6 Å². The number of carbonyl (C=O) groups is 1. The Morgan fingerprint density at radius 2 is 1.57 bits per heavy atom. The van der Waals surface area contributed by atoms with E-state index in [-0.39, 0.29) is 11.5 Å². The third-order valence-corrected chi connectivity index (χ3v) is 8.48. The minimum Gasteiger partial charge on any atom is -0.465 e. The van der Waals surface area contributed by atoms with E-state index in [1.807, 2.05) is 77.4 Å². The van der Waals surface area contributed by atoms with Crippen LogP contribution in [0.2, 0.25) is 0 Å². The van der Waals surface area contributed by atoms with Crippen LogP contribution < -0.4 is 5.56 Å². The molecule has 1 saturated carbocycles. The molecule has 7 heteroatoms. The van der Waals surface area contributed by atoms with Crippen LogP contribution in [-0.2, 0) is 11.3 Å². The summed E-state index contributed by atoms with van der Waals surface area (Å²) in [5, 5.41) is 1.50. The van der Waals surface area contributed by atoms with E-state index in [0.717, 1.165) is 51.8 Å². The maximum atomic E-state index is 14.1. The van der Waals surface area contributed by atoms with Crippen LogP contribution in [0.4, 0.5) is 0 Å². The lowest BCUT2D eigenvalue weighted by molar-refractivity contribution is 0.0601. The minimum absolute atomic E-state index is 0.0512. The number of fused-ring (bicyclic) bond motifs is 7.